The van der Waals surface area contributed by atoms with Crippen LogP contribution >= 0.6 is 11.6 Å². The fraction of sp³-hybridized carbons (Fsp3) is 0.0667. The number of halogens is 1. The Bertz CT molecular complexity index is 717. The van der Waals surface area contributed by atoms with E-state index in [1.807, 2.05) is 0 Å². The molecule has 0 saturated carbocycles. The number of esters is 1. The van der Waals surface area contributed by atoms with E-state index in [1.165, 1.54) is 12.1 Å². The van der Waals surface area contributed by atoms with Crippen LogP contribution in [0.2, 0.25) is 5.02 Å². The molecule has 0 aliphatic heterocycles. The van der Waals surface area contributed by atoms with E-state index in [4.69, 9.17) is 16.7 Å². The zero-order chi connectivity index (χ0) is 17.4. The van der Waals surface area contributed by atoms with E-state index in [0.717, 1.165) is 13.2 Å². The molecule has 0 heterocycles. The predicted octanol–water partition coefficient (Wildman–Crippen LogP) is 3.42. The first-order chi connectivity index (χ1) is 10.9. The molecule has 0 aromatic heterocycles. The minimum Gasteiger partial charge on any atom is -0.478 e. The lowest BCUT2D eigenvalue weighted by Gasteiger charge is -2.00. The van der Waals surface area contributed by atoms with Gasteiger partial charge in [0.2, 0.25) is 0 Å². The SMILES string of the molecule is COC(=O)c1cc(Cl)ccc1[N+](=O)[O-].O=C(O)c1ccccc1. The van der Waals surface area contributed by atoms with Gasteiger partial charge in [0.25, 0.3) is 5.69 Å². The van der Waals surface area contributed by atoms with Crippen molar-refractivity contribution in [3.63, 3.8) is 0 Å². The monoisotopic (exact) mass is 337 g/mol. The van der Waals surface area contributed by atoms with E-state index in [1.54, 1.807) is 30.3 Å². The number of ether oxygens (including phenoxy) is 1. The number of benzene rings is 2. The summed E-state index contributed by atoms with van der Waals surface area (Å²) >= 11 is 5.59. The molecule has 0 unspecified atom stereocenters. The number of carboxylic acids is 1. The van der Waals surface area contributed by atoms with Crippen molar-refractivity contribution in [1.82, 2.24) is 0 Å². The Hall–Kier alpha value is -2.93. The largest absolute Gasteiger partial charge is 0.478 e. The summed E-state index contributed by atoms with van der Waals surface area (Å²) in [6.07, 6.45) is 0. The van der Waals surface area contributed by atoms with Crippen molar-refractivity contribution in [3.8, 4) is 0 Å². The molecule has 120 valence electrons. The number of hydrogen-bond acceptors (Lipinski definition) is 5. The minimum atomic E-state index is -0.879. The highest BCUT2D eigenvalue weighted by Crippen LogP contribution is 2.23. The Kier molecular flexibility index (Phi) is 6.69. The second kappa shape index (κ2) is 8.50. The number of hydrogen-bond donors (Lipinski definition) is 1. The summed E-state index contributed by atoms with van der Waals surface area (Å²) in [7, 11) is 1.15. The number of carboxylic acid groups (broad SMARTS) is 1. The van der Waals surface area contributed by atoms with Gasteiger partial charge >= 0.3 is 11.9 Å². The number of nitro groups is 1. The standard InChI is InChI=1S/C8H6ClNO4.C7H6O2/c1-14-8(11)6-4-5(9)2-3-7(6)10(12)13;8-7(9)6-4-2-1-3-5-6/h2-4H,1H3;1-5H,(H,8,9). The zero-order valence-corrected chi connectivity index (χ0v) is 12.7. The molecule has 0 bridgehead atoms. The van der Waals surface area contributed by atoms with Crippen LogP contribution in [0.5, 0.6) is 0 Å². The third kappa shape index (κ3) is 5.40. The predicted molar refractivity (Wildman–Crippen MR) is 82.8 cm³/mol. The van der Waals surface area contributed by atoms with E-state index < -0.39 is 16.9 Å². The van der Waals surface area contributed by atoms with Gasteiger partial charge in [0.15, 0.2) is 0 Å². The molecular weight excluding hydrogens is 326 g/mol. The normalized spacial score (nSPS) is 9.30. The van der Waals surface area contributed by atoms with Gasteiger partial charge in [-0.2, -0.15) is 0 Å². The van der Waals surface area contributed by atoms with Gasteiger partial charge in [-0.1, -0.05) is 29.8 Å². The Morgan fingerprint density at radius 3 is 2.22 bits per heavy atom. The number of nitrogens with zero attached hydrogens (tertiary/aromatic N) is 1. The Labute approximate surface area is 136 Å². The molecule has 7 nitrogen and oxygen atoms in total. The first-order valence-corrected chi connectivity index (χ1v) is 6.55. The van der Waals surface area contributed by atoms with Gasteiger partial charge < -0.3 is 9.84 Å². The summed E-state index contributed by atoms with van der Waals surface area (Å²) < 4.78 is 4.38. The van der Waals surface area contributed by atoms with Gasteiger partial charge in [-0.05, 0) is 24.3 Å². The van der Waals surface area contributed by atoms with Crippen LogP contribution in [-0.2, 0) is 4.74 Å². The van der Waals surface area contributed by atoms with Crippen molar-refractivity contribution < 1.29 is 24.4 Å². The maximum atomic E-state index is 11.1. The van der Waals surface area contributed by atoms with E-state index in [2.05, 4.69) is 4.74 Å². The molecule has 23 heavy (non-hydrogen) atoms. The second-order valence-electron chi connectivity index (χ2n) is 4.08. The van der Waals surface area contributed by atoms with Crippen molar-refractivity contribution >= 4 is 29.2 Å². The topological polar surface area (TPSA) is 107 Å². The smallest absolute Gasteiger partial charge is 0.344 e. The van der Waals surface area contributed by atoms with Crippen LogP contribution in [0.25, 0.3) is 0 Å². The molecule has 0 atom stereocenters. The summed E-state index contributed by atoms with van der Waals surface area (Å²) in [5.41, 5.74) is -0.135. The number of nitro benzene ring substituents is 1. The van der Waals surface area contributed by atoms with Crippen LogP contribution < -0.4 is 0 Å². The van der Waals surface area contributed by atoms with Crippen LogP contribution in [0.15, 0.2) is 48.5 Å². The molecule has 0 radical (unpaired) electrons. The third-order valence-corrected chi connectivity index (χ3v) is 2.82. The lowest BCUT2D eigenvalue weighted by Crippen LogP contribution is -2.05. The van der Waals surface area contributed by atoms with Crippen LogP contribution in [0.3, 0.4) is 0 Å². The van der Waals surface area contributed by atoms with Crippen LogP contribution in [0.4, 0.5) is 5.69 Å². The number of carbonyl (C=O) groups excluding carboxylic acids is 1. The number of methoxy groups -OCH3 is 1. The van der Waals surface area contributed by atoms with Gasteiger partial charge in [-0.25, -0.2) is 9.59 Å². The number of aromatic carboxylic acids is 1. The molecule has 0 saturated heterocycles. The highest BCUT2D eigenvalue weighted by molar-refractivity contribution is 6.31. The summed E-state index contributed by atoms with van der Waals surface area (Å²) in [6.45, 7) is 0. The maximum Gasteiger partial charge on any atom is 0.344 e. The summed E-state index contributed by atoms with van der Waals surface area (Å²) in [4.78, 5) is 31.2. The molecule has 8 heteroatoms. The fourth-order valence-electron chi connectivity index (χ4n) is 1.52. The first kappa shape index (κ1) is 18.1. The lowest BCUT2D eigenvalue weighted by molar-refractivity contribution is -0.385. The van der Waals surface area contributed by atoms with E-state index in [0.29, 0.717) is 5.56 Å². The second-order valence-corrected chi connectivity index (χ2v) is 4.52. The number of carbonyl (C=O) groups is 2. The van der Waals surface area contributed by atoms with Crippen LogP contribution in [-0.4, -0.2) is 29.1 Å². The van der Waals surface area contributed by atoms with Gasteiger partial charge in [-0.15, -0.1) is 0 Å². The molecule has 2 aromatic carbocycles. The summed E-state index contributed by atoms with van der Waals surface area (Å²) in [6, 6.07) is 12.0. The highest BCUT2D eigenvalue weighted by atomic mass is 35.5. The Morgan fingerprint density at radius 1 is 1.17 bits per heavy atom. The van der Waals surface area contributed by atoms with Crippen molar-refractivity contribution in [2.24, 2.45) is 0 Å². The number of rotatable bonds is 3. The molecule has 0 amide bonds. The molecular formula is C15H12ClNO6. The molecule has 0 aliphatic carbocycles. The summed E-state index contributed by atoms with van der Waals surface area (Å²) in [5.74, 6) is -1.66. The average Bonchev–Trinajstić information content (AvgIpc) is 2.55. The fourth-order valence-corrected chi connectivity index (χ4v) is 1.69. The van der Waals surface area contributed by atoms with Crippen LogP contribution in [0, 0.1) is 10.1 Å². The molecule has 0 aliphatic rings. The average molecular weight is 338 g/mol. The van der Waals surface area contributed by atoms with E-state index >= 15 is 0 Å². The van der Waals surface area contributed by atoms with Gasteiger partial charge in [0.1, 0.15) is 5.56 Å². The first-order valence-electron chi connectivity index (χ1n) is 6.17. The molecule has 1 N–H and O–H groups in total. The third-order valence-electron chi connectivity index (χ3n) is 2.58. The maximum absolute atomic E-state index is 11.1. The molecule has 2 rings (SSSR count). The van der Waals surface area contributed by atoms with Crippen molar-refractivity contribution in [1.29, 1.82) is 0 Å². The zero-order valence-electron chi connectivity index (χ0n) is 11.9. The van der Waals surface area contributed by atoms with Crippen molar-refractivity contribution in [2.75, 3.05) is 7.11 Å². The van der Waals surface area contributed by atoms with Gasteiger partial charge in [0.05, 0.1) is 17.6 Å². The van der Waals surface area contributed by atoms with E-state index in [-0.39, 0.29) is 16.3 Å². The summed E-state index contributed by atoms with van der Waals surface area (Å²) in [5, 5.41) is 19.1. The van der Waals surface area contributed by atoms with E-state index in [9.17, 15) is 19.7 Å². The van der Waals surface area contributed by atoms with Crippen LogP contribution in [0.1, 0.15) is 20.7 Å². The van der Waals surface area contributed by atoms with Gasteiger partial charge in [-0.3, -0.25) is 10.1 Å². The molecule has 0 fully saturated rings. The Balaban J connectivity index is 0.000000253. The quantitative estimate of drug-likeness (QED) is 0.522. The minimum absolute atomic E-state index is 0.148. The molecule has 2 aromatic rings. The van der Waals surface area contributed by atoms with Gasteiger partial charge in [0, 0.05) is 11.1 Å². The Morgan fingerprint density at radius 2 is 1.78 bits per heavy atom. The highest BCUT2D eigenvalue weighted by Gasteiger charge is 2.20. The molecule has 0 spiro atoms. The lowest BCUT2D eigenvalue weighted by atomic mass is 10.2. The van der Waals surface area contributed by atoms with Crippen molar-refractivity contribution in [2.45, 2.75) is 0 Å². The van der Waals surface area contributed by atoms with Crippen molar-refractivity contribution in [3.05, 3.63) is 74.8 Å².